The molecule has 0 bridgehead atoms. The first-order chi connectivity index (χ1) is 12.3. The van der Waals surface area contributed by atoms with E-state index in [2.05, 4.69) is 29.6 Å². The predicted octanol–water partition coefficient (Wildman–Crippen LogP) is 4.28. The van der Waals surface area contributed by atoms with E-state index in [4.69, 9.17) is 4.74 Å². The number of amides is 1. The van der Waals surface area contributed by atoms with Gasteiger partial charge >= 0.3 is 6.09 Å². The Kier molecular flexibility index (Phi) is 5.83. The zero-order valence-corrected chi connectivity index (χ0v) is 14.2. The van der Waals surface area contributed by atoms with Gasteiger partial charge in [0, 0.05) is 18.9 Å². The zero-order valence-electron chi connectivity index (χ0n) is 14.2. The maximum atomic E-state index is 11.9. The molecule has 0 unspecified atom stereocenters. The maximum absolute atomic E-state index is 11.9. The monoisotopic (exact) mass is 337 g/mol. The molecule has 130 valence electrons. The Balaban J connectivity index is 1.53. The van der Waals surface area contributed by atoms with Crippen molar-refractivity contribution in [2.45, 2.75) is 31.6 Å². The predicted molar refractivity (Wildman–Crippen MR) is 97.6 cm³/mol. The molecule has 0 spiro atoms. The summed E-state index contributed by atoms with van der Waals surface area (Å²) in [7, 11) is 0. The Morgan fingerprint density at radius 1 is 0.960 bits per heavy atom. The third kappa shape index (κ3) is 4.08. The van der Waals surface area contributed by atoms with Crippen LogP contribution >= 0.6 is 0 Å². The molecule has 0 fully saturated rings. The second kappa shape index (κ2) is 8.47. The van der Waals surface area contributed by atoms with Crippen molar-refractivity contribution < 1.29 is 14.3 Å². The van der Waals surface area contributed by atoms with E-state index in [0.717, 1.165) is 25.5 Å². The summed E-state index contributed by atoms with van der Waals surface area (Å²) in [6, 6.07) is 16.7. The van der Waals surface area contributed by atoms with Crippen LogP contribution in [-0.4, -0.2) is 25.5 Å². The molecule has 0 aromatic heterocycles. The molecule has 0 saturated carbocycles. The molecule has 1 amide bonds. The first kappa shape index (κ1) is 17.2. The highest BCUT2D eigenvalue weighted by atomic mass is 16.5. The summed E-state index contributed by atoms with van der Waals surface area (Å²) in [5.74, 6) is 0.160. The van der Waals surface area contributed by atoms with E-state index in [1.807, 2.05) is 24.3 Å². The van der Waals surface area contributed by atoms with E-state index >= 15 is 0 Å². The molecule has 0 heterocycles. The molecule has 0 radical (unpaired) electrons. The minimum absolute atomic E-state index is 0.160. The molecule has 1 N–H and O–H groups in total. The lowest BCUT2D eigenvalue weighted by Gasteiger charge is -2.14. The van der Waals surface area contributed by atoms with Gasteiger partial charge in [0.1, 0.15) is 6.29 Å². The van der Waals surface area contributed by atoms with Gasteiger partial charge in [0.15, 0.2) is 0 Å². The van der Waals surface area contributed by atoms with Gasteiger partial charge in [-0.1, -0.05) is 48.5 Å². The zero-order chi connectivity index (χ0) is 17.5. The number of carbonyl (C=O) groups excluding carboxylic acids is 2. The van der Waals surface area contributed by atoms with E-state index in [9.17, 15) is 9.59 Å². The quantitative estimate of drug-likeness (QED) is 0.578. The van der Waals surface area contributed by atoms with Gasteiger partial charge in [0.05, 0.1) is 6.61 Å². The average molecular weight is 337 g/mol. The van der Waals surface area contributed by atoms with Gasteiger partial charge in [-0.05, 0) is 41.5 Å². The third-order valence-electron chi connectivity index (χ3n) is 4.61. The number of ether oxygens (including phenoxy) is 1. The fourth-order valence-corrected chi connectivity index (χ4v) is 3.39. The van der Waals surface area contributed by atoms with Crippen molar-refractivity contribution in [2.75, 3.05) is 13.2 Å². The first-order valence-corrected chi connectivity index (χ1v) is 8.83. The molecular formula is C21H23NO3. The van der Waals surface area contributed by atoms with Gasteiger partial charge in [-0.3, -0.25) is 0 Å². The van der Waals surface area contributed by atoms with Crippen LogP contribution in [0.25, 0.3) is 11.1 Å². The Hall–Kier alpha value is -2.62. The van der Waals surface area contributed by atoms with Crippen molar-refractivity contribution in [1.29, 1.82) is 0 Å². The molecule has 0 saturated heterocycles. The van der Waals surface area contributed by atoms with Crippen LogP contribution in [0, 0.1) is 0 Å². The second-order valence-corrected chi connectivity index (χ2v) is 6.26. The lowest BCUT2D eigenvalue weighted by molar-refractivity contribution is -0.107. The molecule has 2 aromatic carbocycles. The number of benzene rings is 2. The van der Waals surface area contributed by atoms with Gasteiger partial charge in [0.25, 0.3) is 0 Å². The molecular weight excluding hydrogens is 314 g/mol. The van der Waals surface area contributed by atoms with Crippen molar-refractivity contribution in [1.82, 2.24) is 5.32 Å². The lowest BCUT2D eigenvalue weighted by Crippen LogP contribution is -2.29. The number of unbranched alkanes of at least 4 members (excludes halogenated alkanes) is 3. The molecule has 0 aliphatic heterocycles. The summed E-state index contributed by atoms with van der Waals surface area (Å²) < 4.78 is 5.22. The Morgan fingerprint density at radius 2 is 1.60 bits per heavy atom. The molecule has 1 aliphatic carbocycles. The fourth-order valence-electron chi connectivity index (χ4n) is 3.39. The van der Waals surface area contributed by atoms with Crippen molar-refractivity contribution in [3.8, 4) is 11.1 Å². The lowest BCUT2D eigenvalue weighted by atomic mass is 9.97. The molecule has 2 aromatic rings. The number of hydrogen-bond acceptors (Lipinski definition) is 3. The number of fused-ring (bicyclic) bond motifs is 3. The normalized spacial score (nSPS) is 12.3. The van der Waals surface area contributed by atoms with Gasteiger partial charge in [0.2, 0.25) is 0 Å². The summed E-state index contributed by atoms with van der Waals surface area (Å²) in [6.07, 6.45) is 3.66. The second-order valence-electron chi connectivity index (χ2n) is 6.26. The van der Waals surface area contributed by atoms with Gasteiger partial charge in [-0.25, -0.2) is 4.79 Å². The fraction of sp³-hybridized carbons (Fsp3) is 0.333. The SMILES string of the molecule is O=CCCCCCOC(=O)NCC1c2ccccc2-c2ccccc21. The van der Waals surface area contributed by atoms with Gasteiger partial charge < -0.3 is 14.8 Å². The van der Waals surface area contributed by atoms with Crippen LogP contribution in [0.4, 0.5) is 4.79 Å². The van der Waals surface area contributed by atoms with Crippen LogP contribution in [0.1, 0.15) is 42.7 Å². The highest BCUT2D eigenvalue weighted by molar-refractivity contribution is 5.79. The van der Waals surface area contributed by atoms with E-state index in [1.165, 1.54) is 22.3 Å². The minimum Gasteiger partial charge on any atom is -0.450 e. The molecule has 3 rings (SSSR count). The van der Waals surface area contributed by atoms with Crippen LogP contribution in [0.2, 0.25) is 0 Å². The number of hydrogen-bond donors (Lipinski definition) is 1. The van der Waals surface area contributed by atoms with Crippen molar-refractivity contribution in [3.63, 3.8) is 0 Å². The Labute approximate surface area is 148 Å². The largest absolute Gasteiger partial charge is 0.450 e. The van der Waals surface area contributed by atoms with E-state index in [-0.39, 0.29) is 12.0 Å². The molecule has 4 nitrogen and oxygen atoms in total. The summed E-state index contributed by atoms with van der Waals surface area (Å²) >= 11 is 0. The number of nitrogens with one attached hydrogen (secondary N) is 1. The Bertz CT molecular complexity index is 696. The van der Waals surface area contributed by atoms with E-state index < -0.39 is 0 Å². The van der Waals surface area contributed by atoms with Crippen molar-refractivity contribution in [2.24, 2.45) is 0 Å². The first-order valence-electron chi connectivity index (χ1n) is 8.83. The van der Waals surface area contributed by atoms with Crippen molar-refractivity contribution >= 4 is 12.4 Å². The summed E-state index contributed by atoms with van der Waals surface area (Å²) in [6.45, 7) is 0.917. The van der Waals surface area contributed by atoms with E-state index in [0.29, 0.717) is 19.6 Å². The Morgan fingerprint density at radius 3 is 2.24 bits per heavy atom. The maximum Gasteiger partial charge on any atom is 0.407 e. The smallest absolute Gasteiger partial charge is 0.407 e. The third-order valence-corrected chi connectivity index (χ3v) is 4.61. The van der Waals surface area contributed by atoms with E-state index in [1.54, 1.807) is 0 Å². The number of rotatable bonds is 8. The van der Waals surface area contributed by atoms with Crippen LogP contribution in [0.15, 0.2) is 48.5 Å². The van der Waals surface area contributed by atoms with Crippen LogP contribution in [0.5, 0.6) is 0 Å². The number of aldehydes is 1. The van der Waals surface area contributed by atoms with Crippen LogP contribution in [0.3, 0.4) is 0 Å². The highest BCUT2D eigenvalue weighted by Crippen LogP contribution is 2.43. The van der Waals surface area contributed by atoms with Crippen LogP contribution < -0.4 is 5.32 Å². The van der Waals surface area contributed by atoms with Crippen molar-refractivity contribution in [3.05, 3.63) is 59.7 Å². The molecule has 25 heavy (non-hydrogen) atoms. The summed E-state index contributed by atoms with van der Waals surface area (Å²) in [5, 5.41) is 2.89. The summed E-state index contributed by atoms with van der Waals surface area (Å²) in [5.41, 5.74) is 4.98. The van der Waals surface area contributed by atoms with Gasteiger partial charge in [-0.15, -0.1) is 0 Å². The average Bonchev–Trinajstić information content (AvgIpc) is 2.97. The molecule has 1 aliphatic rings. The molecule has 4 heteroatoms. The molecule has 0 atom stereocenters. The van der Waals surface area contributed by atoms with Gasteiger partial charge in [-0.2, -0.15) is 0 Å². The minimum atomic E-state index is -0.378. The number of carbonyl (C=O) groups is 2. The summed E-state index contributed by atoms with van der Waals surface area (Å²) in [4.78, 5) is 22.2. The number of alkyl carbamates (subject to hydrolysis) is 1. The highest BCUT2D eigenvalue weighted by Gasteiger charge is 2.28. The standard InChI is InChI=1S/C21H23NO3/c23-13-7-1-2-8-14-25-21(24)22-15-20-18-11-5-3-9-16(18)17-10-4-6-12-19(17)20/h3-6,9-13,20H,1-2,7-8,14-15H2,(H,22,24). The van der Waals surface area contributed by atoms with Crippen LogP contribution in [-0.2, 0) is 9.53 Å². The topological polar surface area (TPSA) is 55.4 Å².